The molecule has 0 radical (unpaired) electrons. The van der Waals surface area contributed by atoms with Gasteiger partial charge in [0, 0.05) is 17.5 Å². The molecular weight excluding hydrogens is 278 g/mol. The Morgan fingerprint density at radius 3 is 2.31 bits per heavy atom. The van der Waals surface area contributed by atoms with Crippen LogP contribution in [0.2, 0.25) is 0 Å². The number of aliphatic hydroxyl groups excluding tert-OH is 1. The van der Waals surface area contributed by atoms with Gasteiger partial charge in [0.2, 0.25) is 5.92 Å². The van der Waals surface area contributed by atoms with E-state index in [0.717, 1.165) is 17.0 Å². The zero-order valence-electron chi connectivity index (χ0n) is 9.09. The number of aliphatic hydroxyl groups is 1. The Kier molecular flexibility index (Phi) is 4.87. The molecule has 0 amide bonds. The van der Waals surface area contributed by atoms with E-state index in [-0.39, 0.29) is 18.9 Å². The lowest BCUT2D eigenvalue weighted by atomic mass is 9.94. The summed E-state index contributed by atoms with van der Waals surface area (Å²) >= 11 is 3.31. The first-order chi connectivity index (χ1) is 7.40. The second-order valence-electron chi connectivity index (χ2n) is 4.15. The van der Waals surface area contributed by atoms with Crippen molar-refractivity contribution in [1.82, 2.24) is 0 Å². The molecule has 1 nitrogen and oxygen atoms in total. The van der Waals surface area contributed by atoms with Crippen molar-refractivity contribution in [2.24, 2.45) is 5.92 Å². The van der Waals surface area contributed by atoms with Crippen LogP contribution in [0.15, 0.2) is 28.7 Å². The minimum absolute atomic E-state index is 0.209. The molecule has 0 aromatic heterocycles. The van der Waals surface area contributed by atoms with Crippen LogP contribution in [0.5, 0.6) is 0 Å². The van der Waals surface area contributed by atoms with Gasteiger partial charge in [0.25, 0.3) is 0 Å². The van der Waals surface area contributed by atoms with Crippen LogP contribution in [0.1, 0.15) is 18.9 Å². The van der Waals surface area contributed by atoms with E-state index in [1.54, 1.807) is 0 Å². The molecule has 4 heteroatoms. The lowest BCUT2D eigenvalue weighted by Gasteiger charge is -2.18. The summed E-state index contributed by atoms with van der Waals surface area (Å²) < 4.78 is 26.6. The first-order valence-corrected chi connectivity index (χ1v) is 5.93. The molecule has 1 aromatic carbocycles. The first kappa shape index (κ1) is 13.6. The van der Waals surface area contributed by atoms with Crippen molar-refractivity contribution in [3.05, 3.63) is 34.3 Å². The van der Waals surface area contributed by atoms with E-state index >= 15 is 0 Å². The van der Waals surface area contributed by atoms with E-state index < -0.39 is 5.92 Å². The molecule has 1 aromatic rings. The van der Waals surface area contributed by atoms with Gasteiger partial charge in [-0.15, -0.1) is 0 Å². The number of rotatable bonds is 5. The van der Waals surface area contributed by atoms with E-state index in [9.17, 15) is 8.78 Å². The Bertz CT molecular complexity index is 319. The molecule has 0 bridgehead atoms. The number of alkyl halides is 2. The fraction of sp³-hybridized carbons (Fsp3) is 0.500. The van der Waals surface area contributed by atoms with E-state index in [1.165, 1.54) is 0 Å². The van der Waals surface area contributed by atoms with Crippen LogP contribution in [-0.4, -0.2) is 17.6 Å². The van der Waals surface area contributed by atoms with Gasteiger partial charge in [-0.1, -0.05) is 28.1 Å². The smallest absolute Gasteiger partial charge is 0.245 e. The number of benzene rings is 1. The van der Waals surface area contributed by atoms with E-state index in [2.05, 4.69) is 15.9 Å². The Morgan fingerprint density at radius 1 is 1.31 bits per heavy atom. The van der Waals surface area contributed by atoms with Gasteiger partial charge in [0.1, 0.15) is 0 Å². The van der Waals surface area contributed by atoms with Crippen LogP contribution in [-0.2, 0) is 6.42 Å². The minimum atomic E-state index is -2.72. The van der Waals surface area contributed by atoms with Crippen LogP contribution >= 0.6 is 15.9 Å². The highest BCUT2D eigenvalue weighted by atomic mass is 79.9. The fourth-order valence-electron chi connectivity index (χ4n) is 1.66. The lowest BCUT2D eigenvalue weighted by molar-refractivity contribution is -0.0118. The van der Waals surface area contributed by atoms with Crippen molar-refractivity contribution >= 4 is 15.9 Å². The topological polar surface area (TPSA) is 20.2 Å². The van der Waals surface area contributed by atoms with Gasteiger partial charge in [-0.25, -0.2) is 8.78 Å². The maximum absolute atomic E-state index is 12.8. The summed E-state index contributed by atoms with van der Waals surface area (Å²) in [7, 11) is 0. The quantitative estimate of drug-likeness (QED) is 0.878. The molecule has 0 fully saturated rings. The molecule has 0 aliphatic carbocycles. The molecule has 0 heterocycles. The summed E-state index contributed by atoms with van der Waals surface area (Å²) in [5.74, 6) is -3.11. The molecular formula is C12H15BrF2O. The molecule has 1 unspecified atom stereocenters. The third-order valence-corrected chi connectivity index (χ3v) is 2.87. The third kappa shape index (κ3) is 5.03. The average Bonchev–Trinajstić information content (AvgIpc) is 2.18. The van der Waals surface area contributed by atoms with Gasteiger partial charge in [-0.05, 0) is 37.0 Å². The van der Waals surface area contributed by atoms with Gasteiger partial charge in [-0.2, -0.15) is 0 Å². The van der Waals surface area contributed by atoms with Gasteiger partial charge < -0.3 is 5.11 Å². The number of hydrogen-bond acceptors (Lipinski definition) is 1. The Labute approximate surface area is 103 Å². The zero-order valence-corrected chi connectivity index (χ0v) is 10.7. The van der Waals surface area contributed by atoms with Gasteiger partial charge in [0.05, 0.1) is 0 Å². The van der Waals surface area contributed by atoms with Crippen molar-refractivity contribution in [1.29, 1.82) is 0 Å². The van der Waals surface area contributed by atoms with Crippen molar-refractivity contribution in [3.8, 4) is 0 Å². The molecule has 90 valence electrons. The highest BCUT2D eigenvalue weighted by molar-refractivity contribution is 9.10. The highest BCUT2D eigenvalue weighted by Crippen LogP contribution is 2.25. The molecule has 1 rings (SSSR count). The molecule has 0 spiro atoms. The largest absolute Gasteiger partial charge is 0.396 e. The van der Waals surface area contributed by atoms with E-state index in [0.29, 0.717) is 6.42 Å². The molecule has 1 atom stereocenters. The number of hydrogen-bond donors (Lipinski definition) is 1. The van der Waals surface area contributed by atoms with Crippen molar-refractivity contribution in [2.75, 3.05) is 6.61 Å². The molecule has 1 N–H and O–H groups in total. The molecule has 0 aliphatic heterocycles. The Morgan fingerprint density at radius 2 is 1.88 bits per heavy atom. The van der Waals surface area contributed by atoms with Crippen LogP contribution in [0, 0.1) is 5.92 Å². The minimum Gasteiger partial charge on any atom is -0.396 e. The standard InChI is InChI=1S/C12H15BrF2O/c1-12(14,15)7-10(8-16)6-9-2-4-11(13)5-3-9/h2-5,10,16H,6-8H2,1H3. The summed E-state index contributed by atoms with van der Waals surface area (Å²) in [6.07, 6.45) is 0.201. The zero-order chi connectivity index (χ0) is 12.2. The highest BCUT2D eigenvalue weighted by Gasteiger charge is 2.26. The van der Waals surface area contributed by atoms with E-state index in [1.807, 2.05) is 24.3 Å². The fourth-order valence-corrected chi connectivity index (χ4v) is 1.93. The maximum atomic E-state index is 12.8. The molecule has 16 heavy (non-hydrogen) atoms. The van der Waals surface area contributed by atoms with Crippen LogP contribution in [0.25, 0.3) is 0 Å². The lowest BCUT2D eigenvalue weighted by Crippen LogP contribution is -2.21. The Balaban J connectivity index is 2.60. The molecule has 0 saturated heterocycles. The second-order valence-corrected chi connectivity index (χ2v) is 5.07. The van der Waals surface area contributed by atoms with Crippen LogP contribution < -0.4 is 0 Å². The Hall–Kier alpha value is -0.480. The average molecular weight is 293 g/mol. The molecule has 0 saturated carbocycles. The number of halogens is 3. The van der Waals surface area contributed by atoms with Crippen molar-refractivity contribution in [2.45, 2.75) is 25.7 Å². The third-order valence-electron chi connectivity index (χ3n) is 2.34. The summed E-state index contributed by atoms with van der Waals surface area (Å²) in [5.41, 5.74) is 0.964. The van der Waals surface area contributed by atoms with Gasteiger partial charge >= 0.3 is 0 Å². The van der Waals surface area contributed by atoms with Gasteiger partial charge in [-0.3, -0.25) is 0 Å². The van der Waals surface area contributed by atoms with Crippen LogP contribution in [0.3, 0.4) is 0 Å². The summed E-state index contributed by atoms with van der Waals surface area (Å²) in [6.45, 7) is 0.677. The maximum Gasteiger partial charge on any atom is 0.245 e. The monoisotopic (exact) mass is 292 g/mol. The van der Waals surface area contributed by atoms with Crippen molar-refractivity contribution < 1.29 is 13.9 Å². The van der Waals surface area contributed by atoms with E-state index in [4.69, 9.17) is 5.11 Å². The summed E-state index contributed by atoms with van der Waals surface area (Å²) in [6, 6.07) is 7.49. The summed E-state index contributed by atoms with van der Waals surface area (Å²) in [4.78, 5) is 0. The molecule has 0 aliphatic rings. The van der Waals surface area contributed by atoms with Crippen LogP contribution in [0.4, 0.5) is 8.78 Å². The second kappa shape index (κ2) is 5.73. The normalized spacial score (nSPS) is 13.8. The predicted molar refractivity (Wildman–Crippen MR) is 63.7 cm³/mol. The van der Waals surface area contributed by atoms with Gasteiger partial charge in [0.15, 0.2) is 0 Å². The SMILES string of the molecule is CC(F)(F)CC(CO)Cc1ccc(Br)cc1. The predicted octanol–water partition coefficient (Wildman–Crippen LogP) is 3.65. The summed E-state index contributed by atoms with van der Waals surface area (Å²) in [5, 5.41) is 9.06. The first-order valence-electron chi connectivity index (χ1n) is 5.14. The van der Waals surface area contributed by atoms with Crippen molar-refractivity contribution in [3.63, 3.8) is 0 Å².